The Balaban J connectivity index is 2.72. The lowest BCUT2D eigenvalue weighted by Crippen LogP contribution is -2.23. The van der Waals surface area contributed by atoms with Gasteiger partial charge < -0.3 is 5.32 Å². The van der Waals surface area contributed by atoms with E-state index in [-0.39, 0.29) is 16.5 Å². The summed E-state index contributed by atoms with van der Waals surface area (Å²) in [6.07, 6.45) is 0. The molecule has 0 saturated carbocycles. The highest BCUT2D eigenvalue weighted by Crippen LogP contribution is 2.19. The molecule has 7 heteroatoms. The monoisotopic (exact) mass is 279 g/mol. The first-order chi connectivity index (χ1) is 7.84. The predicted molar refractivity (Wildman–Crippen MR) is 64.4 cm³/mol. The second-order valence-corrected chi connectivity index (χ2v) is 6.11. The highest BCUT2D eigenvalue weighted by Gasteiger charge is 2.14. The van der Waals surface area contributed by atoms with Crippen LogP contribution in [0.5, 0.6) is 0 Å². The molecule has 17 heavy (non-hydrogen) atoms. The van der Waals surface area contributed by atoms with E-state index in [1.165, 1.54) is 19.1 Å². The number of benzene rings is 1. The third-order valence-electron chi connectivity index (χ3n) is 1.99. The predicted octanol–water partition coefficient (Wildman–Crippen LogP) is 1.85. The van der Waals surface area contributed by atoms with Gasteiger partial charge in [-0.25, -0.2) is 12.8 Å². The number of hydrogen-bond donors (Lipinski definition) is 1. The van der Waals surface area contributed by atoms with Gasteiger partial charge in [0.2, 0.25) is 5.91 Å². The second kappa shape index (κ2) is 5.46. The third-order valence-corrected chi connectivity index (χ3v) is 3.87. The smallest absolute Gasteiger partial charge is 0.239 e. The molecule has 0 aliphatic heterocycles. The molecule has 1 aromatic rings. The molecule has 94 valence electrons. The van der Waals surface area contributed by atoms with Gasteiger partial charge >= 0.3 is 0 Å². The molecule has 0 bridgehead atoms. The van der Waals surface area contributed by atoms with Crippen LogP contribution in [0.3, 0.4) is 0 Å². The fourth-order valence-corrected chi connectivity index (χ4v) is 1.93. The van der Waals surface area contributed by atoms with E-state index < -0.39 is 27.3 Å². The molecule has 0 unspecified atom stereocenters. The van der Waals surface area contributed by atoms with Crippen LogP contribution in [0.2, 0.25) is 5.02 Å². The normalized spacial score (nSPS) is 11.2. The van der Waals surface area contributed by atoms with Crippen LogP contribution in [0.1, 0.15) is 6.92 Å². The number of amides is 1. The first-order valence-corrected chi connectivity index (χ1v) is 6.99. The molecule has 0 aromatic heterocycles. The van der Waals surface area contributed by atoms with Crippen LogP contribution in [0.4, 0.5) is 10.1 Å². The molecule has 0 radical (unpaired) electrons. The highest BCUT2D eigenvalue weighted by molar-refractivity contribution is 7.92. The van der Waals surface area contributed by atoms with E-state index >= 15 is 0 Å². The molecule has 4 nitrogen and oxygen atoms in total. The van der Waals surface area contributed by atoms with Gasteiger partial charge in [0.25, 0.3) is 0 Å². The first kappa shape index (κ1) is 13.9. The summed E-state index contributed by atoms with van der Waals surface area (Å²) >= 11 is 5.51. The van der Waals surface area contributed by atoms with Crippen molar-refractivity contribution in [2.75, 3.05) is 16.8 Å². The van der Waals surface area contributed by atoms with Crippen LogP contribution in [-0.4, -0.2) is 25.8 Å². The summed E-state index contributed by atoms with van der Waals surface area (Å²) in [5.74, 6) is -1.98. The van der Waals surface area contributed by atoms with Gasteiger partial charge in [-0.15, -0.1) is 0 Å². The number of rotatable bonds is 4. The Hall–Kier alpha value is -1.14. The maximum absolute atomic E-state index is 12.8. The Kier molecular flexibility index (Phi) is 4.47. The molecular formula is C10H11ClFNO3S. The molecule has 0 fully saturated rings. The van der Waals surface area contributed by atoms with Gasteiger partial charge in [0, 0.05) is 11.4 Å². The molecule has 1 aromatic carbocycles. The zero-order valence-corrected chi connectivity index (χ0v) is 10.6. The molecule has 0 heterocycles. The lowest BCUT2D eigenvalue weighted by atomic mass is 10.3. The minimum atomic E-state index is -3.38. The van der Waals surface area contributed by atoms with Gasteiger partial charge in [-0.2, -0.15) is 0 Å². The molecule has 0 saturated heterocycles. The molecule has 0 aliphatic carbocycles. The van der Waals surface area contributed by atoms with Crippen LogP contribution in [0.15, 0.2) is 18.2 Å². The van der Waals surface area contributed by atoms with E-state index in [1.54, 1.807) is 0 Å². The van der Waals surface area contributed by atoms with Crippen molar-refractivity contribution in [2.24, 2.45) is 0 Å². The molecule has 1 amide bonds. The zero-order valence-electron chi connectivity index (χ0n) is 9.04. The van der Waals surface area contributed by atoms with E-state index in [9.17, 15) is 17.6 Å². The first-order valence-electron chi connectivity index (χ1n) is 4.79. The third kappa shape index (κ3) is 4.32. The molecule has 1 rings (SSSR count). The van der Waals surface area contributed by atoms with Gasteiger partial charge in [0.1, 0.15) is 11.6 Å². The standard InChI is InChI=1S/C10H11ClFNO3S/c1-2-17(15,16)6-10(14)13-7-3-4-9(12)8(11)5-7/h3-5H,2,6H2,1H3,(H,13,14). The Morgan fingerprint density at radius 2 is 2.12 bits per heavy atom. The van der Waals surface area contributed by atoms with Crippen molar-refractivity contribution in [3.05, 3.63) is 29.0 Å². The minimum Gasteiger partial charge on any atom is -0.325 e. The summed E-state index contributed by atoms with van der Waals surface area (Å²) in [7, 11) is -3.38. The van der Waals surface area contributed by atoms with Crippen molar-refractivity contribution in [2.45, 2.75) is 6.92 Å². The Bertz CT molecular complexity index is 530. The summed E-state index contributed by atoms with van der Waals surface area (Å²) in [6.45, 7) is 1.46. The van der Waals surface area contributed by atoms with Crippen molar-refractivity contribution >= 4 is 33.0 Å². The zero-order chi connectivity index (χ0) is 13.1. The number of sulfone groups is 1. The lowest BCUT2D eigenvalue weighted by molar-refractivity contribution is -0.113. The van der Waals surface area contributed by atoms with E-state index in [0.717, 1.165) is 6.07 Å². The largest absolute Gasteiger partial charge is 0.325 e. The fraction of sp³-hybridized carbons (Fsp3) is 0.300. The van der Waals surface area contributed by atoms with Gasteiger partial charge in [-0.3, -0.25) is 4.79 Å². The quantitative estimate of drug-likeness (QED) is 0.915. The number of carbonyl (C=O) groups excluding carboxylic acids is 1. The van der Waals surface area contributed by atoms with E-state index in [0.29, 0.717) is 0 Å². The lowest BCUT2D eigenvalue weighted by Gasteiger charge is -2.05. The van der Waals surface area contributed by atoms with Crippen molar-refractivity contribution in [1.29, 1.82) is 0 Å². The Labute approximate surface area is 104 Å². The van der Waals surface area contributed by atoms with E-state index in [4.69, 9.17) is 11.6 Å². The summed E-state index contributed by atoms with van der Waals surface area (Å²) in [5, 5.41) is 2.19. The summed E-state index contributed by atoms with van der Waals surface area (Å²) < 4.78 is 35.2. The van der Waals surface area contributed by atoms with Crippen molar-refractivity contribution in [3.63, 3.8) is 0 Å². The minimum absolute atomic E-state index is 0.107. The van der Waals surface area contributed by atoms with E-state index in [1.807, 2.05) is 0 Å². The van der Waals surface area contributed by atoms with Crippen LogP contribution >= 0.6 is 11.6 Å². The summed E-state index contributed by atoms with van der Waals surface area (Å²) in [4.78, 5) is 11.4. The highest BCUT2D eigenvalue weighted by atomic mass is 35.5. The van der Waals surface area contributed by atoms with Gasteiger partial charge in [0.05, 0.1) is 5.02 Å². The van der Waals surface area contributed by atoms with Crippen molar-refractivity contribution in [3.8, 4) is 0 Å². The number of carbonyl (C=O) groups is 1. The molecular weight excluding hydrogens is 269 g/mol. The van der Waals surface area contributed by atoms with Gasteiger partial charge in [0.15, 0.2) is 9.84 Å². The number of halogens is 2. The topological polar surface area (TPSA) is 63.2 Å². The molecule has 0 spiro atoms. The van der Waals surface area contributed by atoms with Crippen molar-refractivity contribution in [1.82, 2.24) is 0 Å². The SMILES string of the molecule is CCS(=O)(=O)CC(=O)Nc1ccc(F)c(Cl)c1. The fourth-order valence-electron chi connectivity index (χ4n) is 1.07. The Morgan fingerprint density at radius 1 is 1.47 bits per heavy atom. The average Bonchev–Trinajstić information content (AvgIpc) is 2.23. The molecule has 1 N–H and O–H groups in total. The van der Waals surface area contributed by atoms with Gasteiger partial charge in [-0.05, 0) is 18.2 Å². The van der Waals surface area contributed by atoms with Gasteiger partial charge in [-0.1, -0.05) is 18.5 Å². The number of hydrogen-bond acceptors (Lipinski definition) is 3. The van der Waals surface area contributed by atoms with Crippen LogP contribution in [0.25, 0.3) is 0 Å². The van der Waals surface area contributed by atoms with Crippen molar-refractivity contribution < 1.29 is 17.6 Å². The van der Waals surface area contributed by atoms with Crippen LogP contribution in [-0.2, 0) is 14.6 Å². The molecule has 0 atom stereocenters. The maximum Gasteiger partial charge on any atom is 0.239 e. The number of nitrogens with one attached hydrogen (secondary N) is 1. The van der Waals surface area contributed by atoms with Crippen LogP contribution in [0, 0.1) is 5.82 Å². The maximum atomic E-state index is 12.8. The molecule has 0 aliphatic rings. The average molecular weight is 280 g/mol. The summed E-state index contributed by atoms with van der Waals surface area (Å²) in [5.41, 5.74) is 0.257. The second-order valence-electron chi connectivity index (χ2n) is 3.35. The number of anilines is 1. The Morgan fingerprint density at radius 3 is 2.65 bits per heavy atom. The van der Waals surface area contributed by atoms with Crippen LogP contribution < -0.4 is 5.32 Å². The summed E-state index contributed by atoms with van der Waals surface area (Å²) in [6, 6.07) is 3.61. The van der Waals surface area contributed by atoms with E-state index in [2.05, 4.69) is 5.32 Å².